The number of thioether (sulfide) groups is 1. The summed E-state index contributed by atoms with van der Waals surface area (Å²) in [6, 6.07) is 0. The number of nitrogens with one attached hydrogen (secondary N) is 2. The Bertz CT molecular complexity index is 125. The summed E-state index contributed by atoms with van der Waals surface area (Å²) in [6.45, 7) is 0. The van der Waals surface area contributed by atoms with Crippen LogP contribution in [0.2, 0.25) is 0 Å². The van der Waals surface area contributed by atoms with Crippen molar-refractivity contribution in [3.8, 4) is 0 Å². The first kappa shape index (κ1) is 8.78. The molecule has 1 heterocycles. The van der Waals surface area contributed by atoms with Crippen molar-refractivity contribution in [1.29, 1.82) is 5.41 Å². The van der Waals surface area contributed by atoms with Gasteiger partial charge < -0.3 is 5.32 Å². The van der Waals surface area contributed by atoms with Crippen molar-refractivity contribution in [2.75, 3.05) is 5.75 Å². The Hall–Kier alpha value is -0.220. The second-order valence-corrected chi connectivity index (χ2v) is 2.58. The number of rotatable bonds is 0. The third-order valence-corrected chi connectivity index (χ3v) is 1.63. The number of amidine groups is 1. The Balaban J connectivity index is 0.000000640. The van der Waals surface area contributed by atoms with E-state index in [-0.39, 0.29) is 23.5 Å². The fraction of sp³-hybridized carbons (Fsp3) is 0.500. The maximum Gasteiger partial charge on any atom is 0.226 e. The van der Waals surface area contributed by atoms with Crippen LogP contribution >= 0.6 is 24.2 Å². The van der Waals surface area contributed by atoms with Gasteiger partial charge in [-0.25, -0.2) is 0 Å². The average Bonchev–Trinajstić information content (AvgIpc) is 1.64. The highest BCUT2D eigenvalue weighted by Crippen LogP contribution is 2.06. The summed E-state index contributed by atoms with van der Waals surface area (Å²) in [6.07, 6.45) is 0.549. The molecule has 0 atom stereocenters. The molecule has 0 aromatic carbocycles. The summed E-state index contributed by atoms with van der Waals surface area (Å²) in [4.78, 5) is 10.4. The van der Waals surface area contributed by atoms with E-state index in [1.54, 1.807) is 0 Å². The summed E-state index contributed by atoms with van der Waals surface area (Å²) in [5.41, 5.74) is 0. The second kappa shape index (κ2) is 3.74. The molecule has 2 N–H and O–H groups in total. The minimum absolute atomic E-state index is 0. The van der Waals surface area contributed by atoms with Crippen LogP contribution in [0.25, 0.3) is 0 Å². The Kier molecular flexibility index (Phi) is 3.65. The smallest absolute Gasteiger partial charge is 0.226 e. The fourth-order valence-corrected chi connectivity index (χ4v) is 1.15. The van der Waals surface area contributed by atoms with Crippen molar-refractivity contribution in [3.05, 3.63) is 0 Å². The summed E-state index contributed by atoms with van der Waals surface area (Å²) >= 11 is 1.37. The van der Waals surface area contributed by atoms with Crippen molar-refractivity contribution >= 4 is 35.2 Å². The molecule has 1 aliphatic rings. The number of carbonyl (C=O) groups is 1. The van der Waals surface area contributed by atoms with Gasteiger partial charge in [0.25, 0.3) is 0 Å². The lowest BCUT2D eigenvalue weighted by atomic mass is 10.4. The lowest BCUT2D eigenvalue weighted by Gasteiger charge is -2.09. The van der Waals surface area contributed by atoms with E-state index in [1.807, 2.05) is 0 Å². The summed E-state index contributed by atoms with van der Waals surface area (Å²) in [5, 5.41) is 9.62. The molecular weight excluding hydrogens is 160 g/mol. The Labute approximate surface area is 63.5 Å². The van der Waals surface area contributed by atoms with Crippen molar-refractivity contribution in [1.82, 2.24) is 5.32 Å². The Morgan fingerprint density at radius 1 is 1.67 bits per heavy atom. The van der Waals surface area contributed by atoms with Crippen LogP contribution in [0.5, 0.6) is 0 Å². The highest BCUT2D eigenvalue weighted by molar-refractivity contribution is 8.13. The molecule has 5 heteroatoms. The molecule has 1 amide bonds. The van der Waals surface area contributed by atoms with Gasteiger partial charge in [0.1, 0.15) is 0 Å². The Morgan fingerprint density at radius 2 is 2.33 bits per heavy atom. The minimum Gasteiger partial charge on any atom is -0.306 e. The van der Waals surface area contributed by atoms with Gasteiger partial charge in [-0.3, -0.25) is 10.2 Å². The van der Waals surface area contributed by atoms with Crippen LogP contribution in [-0.2, 0) is 4.79 Å². The van der Waals surface area contributed by atoms with E-state index < -0.39 is 0 Å². The molecule has 0 aliphatic carbocycles. The molecule has 0 bridgehead atoms. The van der Waals surface area contributed by atoms with Crippen LogP contribution < -0.4 is 5.32 Å². The van der Waals surface area contributed by atoms with Crippen LogP contribution in [0.4, 0.5) is 0 Å². The van der Waals surface area contributed by atoms with E-state index in [0.717, 1.165) is 5.75 Å². The highest BCUT2D eigenvalue weighted by atomic mass is 35.5. The number of halogens is 1. The van der Waals surface area contributed by atoms with Gasteiger partial charge in [-0.15, -0.1) is 12.4 Å². The average molecular weight is 167 g/mol. The molecule has 3 nitrogen and oxygen atoms in total. The molecule has 0 spiro atoms. The van der Waals surface area contributed by atoms with Gasteiger partial charge in [0.05, 0.1) is 0 Å². The quantitative estimate of drug-likeness (QED) is 0.554. The molecule has 52 valence electrons. The topological polar surface area (TPSA) is 53.0 Å². The van der Waals surface area contributed by atoms with Crippen LogP contribution in [0, 0.1) is 5.41 Å². The molecule has 0 unspecified atom stereocenters. The number of carbonyl (C=O) groups excluding carboxylic acids is 1. The predicted octanol–water partition coefficient (Wildman–Crippen LogP) is 0.596. The van der Waals surface area contributed by atoms with E-state index in [1.165, 1.54) is 11.8 Å². The first-order valence-electron chi connectivity index (χ1n) is 2.30. The molecule has 1 fully saturated rings. The van der Waals surface area contributed by atoms with E-state index >= 15 is 0 Å². The van der Waals surface area contributed by atoms with E-state index in [9.17, 15) is 4.79 Å². The lowest BCUT2D eigenvalue weighted by Crippen LogP contribution is -2.32. The van der Waals surface area contributed by atoms with Gasteiger partial charge >= 0.3 is 0 Å². The summed E-state index contributed by atoms with van der Waals surface area (Å²) in [7, 11) is 0. The zero-order valence-corrected chi connectivity index (χ0v) is 6.27. The van der Waals surface area contributed by atoms with Crippen LogP contribution in [-0.4, -0.2) is 16.8 Å². The van der Waals surface area contributed by atoms with Crippen molar-refractivity contribution in [2.24, 2.45) is 0 Å². The molecule has 0 aromatic heterocycles. The fourth-order valence-electron chi connectivity index (χ4n) is 0.471. The van der Waals surface area contributed by atoms with E-state index in [2.05, 4.69) is 5.32 Å². The summed E-state index contributed by atoms with van der Waals surface area (Å²) < 4.78 is 0. The van der Waals surface area contributed by atoms with Gasteiger partial charge in [-0.1, -0.05) is 11.8 Å². The minimum atomic E-state index is -0.0336. The first-order chi connectivity index (χ1) is 3.79. The predicted molar refractivity (Wildman–Crippen MR) is 40.2 cm³/mol. The van der Waals surface area contributed by atoms with Crippen LogP contribution in [0.3, 0.4) is 0 Å². The van der Waals surface area contributed by atoms with Gasteiger partial charge in [-0.05, 0) is 0 Å². The zero-order chi connectivity index (χ0) is 5.98. The third-order valence-electron chi connectivity index (χ3n) is 0.828. The molecule has 9 heavy (non-hydrogen) atoms. The van der Waals surface area contributed by atoms with Gasteiger partial charge in [0.2, 0.25) is 5.91 Å². The van der Waals surface area contributed by atoms with Crippen molar-refractivity contribution < 1.29 is 4.79 Å². The highest BCUT2D eigenvalue weighted by Gasteiger charge is 2.10. The normalized spacial score (nSPS) is 18.2. The monoisotopic (exact) mass is 166 g/mol. The third kappa shape index (κ3) is 2.72. The van der Waals surface area contributed by atoms with E-state index in [0.29, 0.717) is 6.42 Å². The Morgan fingerprint density at radius 3 is 2.67 bits per heavy atom. The van der Waals surface area contributed by atoms with Crippen molar-refractivity contribution in [3.63, 3.8) is 0 Å². The van der Waals surface area contributed by atoms with Crippen LogP contribution in [0.1, 0.15) is 6.42 Å². The number of hydrogen-bond donors (Lipinski definition) is 2. The molecule has 1 saturated heterocycles. The molecule has 1 aliphatic heterocycles. The largest absolute Gasteiger partial charge is 0.306 e. The maximum absolute atomic E-state index is 10.4. The second-order valence-electron chi connectivity index (χ2n) is 1.48. The lowest BCUT2D eigenvalue weighted by molar-refractivity contribution is -0.119. The van der Waals surface area contributed by atoms with Gasteiger partial charge in [0, 0.05) is 12.2 Å². The molecule has 0 saturated carbocycles. The SMILES string of the molecule is Cl.N=C1NC(=O)CCS1. The zero-order valence-electron chi connectivity index (χ0n) is 4.64. The maximum atomic E-state index is 10.4. The number of amides is 1. The van der Waals surface area contributed by atoms with Crippen molar-refractivity contribution in [2.45, 2.75) is 6.42 Å². The molecule has 0 aromatic rings. The molecule has 1 rings (SSSR count). The van der Waals surface area contributed by atoms with E-state index in [4.69, 9.17) is 5.41 Å². The van der Waals surface area contributed by atoms with Gasteiger partial charge in [-0.2, -0.15) is 0 Å². The standard InChI is InChI=1S/C4H6N2OS.ClH/c5-4-6-3(7)1-2-8-4;/h1-2H2,(H2,5,6,7);1H. The molecular formula is C4H7ClN2OS. The van der Waals surface area contributed by atoms with Crippen LogP contribution in [0.15, 0.2) is 0 Å². The first-order valence-corrected chi connectivity index (χ1v) is 3.29. The summed E-state index contributed by atoms with van der Waals surface area (Å²) in [5.74, 6) is 0.721. The molecule has 0 radical (unpaired) electrons. The van der Waals surface area contributed by atoms with Gasteiger partial charge in [0.15, 0.2) is 5.17 Å². The number of hydrogen-bond acceptors (Lipinski definition) is 3.